The van der Waals surface area contributed by atoms with E-state index in [1.54, 1.807) is 6.07 Å². The van der Waals surface area contributed by atoms with Crippen LogP contribution in [0.25, 0.3) is 0 Å². The zero-order chi connectivity index (χ0) is 14.8. The van der Waals surface area contributed by atoms with Crippen LogP contribution < -0.4 is 10.1 Å². The molecular weight excluding hydrogens is 286 g/mol. The van der Waals surface area contributed by atoms with Gasteiger partial charge in [-0.2, -0.15) is 0 Å². The Bertz CT molecular complexity index is 620. The SMILES string of the molecule is CC(C)c1nc(Cl)cc(NCC2Cc3ccccc3O2)n1. The summed E-state index contributed by atoms with van der Waals surface area (Å²) in [5.74, 6) is 2.73. The molecule has 21 heavy (non-hydrogen) atoms. The molecule has 5 heteroatoms. The summed E-state index contributed by atoms with van der Waals surface area (Å²) in [7, 11) is 0. The van der Waals surface area contributed by atoms with Crippen LogP contribution in [-0.2, 0) is 6.42 Å². The lowest BCUT2D eigenvalue weighted by molar-refractivity contribution is 0.246. The van der Waals surface area contributed by atoms with Crippen LogP contribution in [0.15, 0.2) is 30.3 Å². The van der Waals surface area contributed by atoms with Gasteiger partial charge in [0.05, 0.1) is 6.54 Å². The van der Waals surface area contributed by atoms with Gasteiger partial charge in [0, 0.05) is 18.4 Å². The summed E-state index contributed by atoms with van der Waals surface area (Å²) >= 11 is 6.04. The normalized spacial score (nSPS) is 16.7. The van der Waals surface area contributed by atoms with Gasteiger partial charge in [-0.25, -0.2) is 9.97 Å². The molecule has 1 unspecified atom stereocenters. The van der Waals surface area contributed by atoms with E-state index in [2.05, 4.69) is 21.4 Å². The van der Waals surface area contributed by atoms with Gasteiger partial charge >= 0.3 is 0 Å². The van der Waals surface area contributed by atoms with Crippen molar-refractivity contribution in [2.75, 3.05) is 11.9 Å². The summed E-state index contributed by atoms with van der Waals surface area (Å²) in [4.78, 5) is 8.71. The Morgan fingerprint density at radius 2 is 2.14 bits per heavy atom. The van der Waals surface area contributed by atoms with E-state index in [1.807, 2.05) is 32.0 Å². The van der Waals surface area contributed by atoms with E-state index in [-0.39, 0.29) is 12.0 Å². The summed E-state index contributed by atoms with van der Waals surface area (Å²) < 4.78 is 5.90. The predicted molar refractivity (Wildman–Crippen MR) is 84.2 cm³/mol. The second-order valence-electron chi connectivity index (χ2n) is 5.52. The van der Waals surface area contributed by atoms with E-state index in [0.717, 1.165) is 23.8 Å². The van der Waals surface area contributed by atoms with Crippen LogP contribution in [0, 0.1) is 0 Å². The highest BCUT2D eigenvalue weighted by Crippen LogP contribution is 2.28. The maximum atomic E-state index is 6.04. The number of halogens is 1. The Balaban J connectivity index is 1.64. The zero-order valence-corrected chi connectivity index (χ0v) is 12.9. The van der Waals surface area contributed by atoms with E-state index in [9.17, 15) is 0 Å². The average molecular weight is 304 g/mol. The largest absolute Gasteiger partial charge is 0.488 e. The molecule has 0 amide bonds. The number of anilines is 1. The van der Waals surface area contributed by atoms with Crippen molar-refractivity contribution in [1.82, 2.24) is 9.97 Å². The molecule has 0 radical (unpaired) electrons. The number of nitrogens with zero attached hydrogens (tertiary/aromatic N) is 2. The first-order chi connectivity index (χ1) is 10.1. The second kappa shape index (κ2) is 5.90. The predicted octanol–water partition coefficient (Wildman–Crippen LogP) is 3.67. The third-order valence-corrected chi connectivity index (χ3v) is 3.65. The van der Waals surface area contributed by atoms with Gasteiger partial charge in [0.2, 0.25) is 0 Å². The topological polar surface area (TPSA) is 47.0 Å². The number of aromatic nitrogens is 2. The average Bonchev–Trinajstić information content (AvgIpc) is 2.87. The zero-order valence-electron chi connectivity index (χ0n) is 12.1. The molecule has 110 valence electrons. The molecule has 0 saturated heterocycles. The van der Waals surface area contributed by atoms with Gasteiger partial charge in [0.1, 0.15) is 28.6 Å². The molecule has 2 aromatic rings. The van der Waals surface area contributed by atoms with E-state index in [4.69, 9.17) is 16.3 Å². The highest BCUT2D eigenvalue weighted by Gasteiger charge is 2.22. The third-order valence-electron chi connectivity index (χ3n) is 3.45. The molecular formula is C16H18ClN3O. The van der Waals surface area contributed by atoms with Crippen molar-refractivity contribution in [3.63, 3.8) is 0 Å². The Hall–Kier alpha value is -1.81. The van der Waals surface area contributed by atoms with Crippen LogP contribution in [0.4, 0.5) is 5.82 Å². The van der Waals surface area contributed by atoms with Crippen molar-refractivity contribution < 1.29 is 4.74 Å². The standard InChI is InChI=1S/C16H18ClN3O/c1-10(2)16-19-14(17)8-15(20-16)18-9-12-7-11-5-3-4-6-13(11)21-12/h3-6,8,10,12H,7,9H2,1-2H3,(H,18,19,20). The molecule has 0 aliphatic carbocycles. The summed E-state index contributed by atoms with van der Waals surface area (Å²) in [5, 5.41) is 3.76. The molecule has 1 aromatic carbocycles. The molecule has 0 fully saturated rings. The van der Waals surface area contributed by atoms with Crippen LogP contribution in [0.5, 0.6) is 5.75 Å². The first kappa shape index (κ1) is 14.1. The number of ether oxygens (including phenoxy) is 1. The molecule has 2 heterocycles. The number of rotatable bonds is 4. The van der Waals surface area contributed by atoms with Crippen LogP contribution >= 0.6 is 11.6 Å². The molecule has 4 nitrogen and oxygen atoms in total. The smallest absolute Gasteiger partial charge is 0.135 e. The highest BCUT2D eigenvalue weighted by molar-refractivity contribution is 6.29. The van der Waals surface area contributed by atoms with Gasteiger partial charge in [0.15, 0.2) is 0 Å². The van der Waals surface area contributed by atoms with Gasteiger partial charge in [-0.1, -0.05) is 43.6 Å². The molecule has 1 aliphatic heterocycles. The van der Waals surface area contributed by atoms with E-state index < -0.39 is 0 Å². The van der Waals surface area contributed by atoms with Gasteiger partial charge in [0.25, 0.3) is 0 Å². The minimum atomic E-state index is 0.124. The summed E-state index contributed by atoms with van der Waals surface area (Å²) in [6.07, 6.45) is 1.04. The van der Waals surface area contributed by atoms with E-state index in [1.165, 1.54) is 5.56 Å². The number of nitrogens with one attached hydrogen (secondary N) is 1. The summed E-state index contributed by atoms with van der Waals surface area (Å²) in [5.41, 5.74) is 1.26. The maximum absolute atomic E-state index is 6.04. The van der Waals surface area contributed by atoms with E-state index in [0.29, 0.717) is 11.7 Å². The van der Waals surface area contributed by atoms with Crippen molar-refractivity contribution in [2.45, 2.75) is 32.3 Å². The van der Waals surface area contributed by atoms with Gasteiger partial charge in [-0.05, 0) is 11.6 Å². The lowest BCUT2D eigenvalue weighted by Crippen LogP contribution is -2.24. The van der Waals surface area contributed by atoms with Crippen LogP contribution in [-0.4, -0.2) is 22.6 Å². The molecule has 0 saturated carbocycles. The quantitative estimate of drug-likeness (QED) is 0.876. The van der Waals surface area contributed by atoms with Gasteiger partial charge < -0.3 is 10.1 Å². The van der Waals surface area contributed by atoms with Crippen molar-refractivity contribution >= 4 is 17.4 Å². The Morgan fingerprint density at radius 1 is 1.33 bits per heavy atom. The number of benzene rings is 1. The third kappa shape index (κ3) is 3.27. The molecule has 3 rings (SSSR count). The Kier molecular flexibility index (Phi) is 3.97. The fourth-order valence-electron chi connectivity index (χ4n) is 2.37. The minimum absolute atomic E-state index is 0.124. The first-order valence-electron chi connectivity index (χ1n) is 7.14. The molecule has 0 bridgehead atoms. The summed E-state index contributed by atoms with van der Waals surface area (Å²) in [6, 6.07) is 9.89. The Morgan fingerprint density at radius 3 is 2.90 bits per heavy atom. The molecule has 1 aromatic heterocycles. The minimum Gasteiger partial charge on any atom is -0.488 e. The van der Waals surface area contributed by atoms with Gasteiger partial charge in [-0.3, -0.25) is 0 Å². The monoisotopic (exact) mass is 303 g/mol. The Labute approximate surface area is 129 Å². The molecule has 1 N–H and O–H groups in total. The van der Waals surface area contributed by atoms with Crippen molar-refractivity contribution in [3.05, 3.63) is 46.9 Å². The highest BCUT2D eigenvalue weighted by atomic mass is 35.5. The summed E-state index contributed by atoms with van der Waals surface area (Å²) in [6.45, 7) is 4.79. The van der Waals surface area contributed by atoms with Crippen LogP contribution in [0.1, 0.15) is 31.2 Å². The lowest BCUT2D eigenvalue weighted by atomic mass is 10.1. The van der Waals surface area contributed by atoms with E-state index >= 15 is 0 Å². The van der Waals surface area contributed by atoms with Crippen LogP contribution in [0.2, 0.25) is 5.15 Å². The second-order valence-corrected chi connectivity index (χ2v) is 5.91. The fraction of sp³-hybridized carbons (Fsp3) is 0.375. The lowest BCUT2D eigenvalue weighted by Gasteiger charge is -2.13. The van der Waals surface area contributed by atoms with Crippen molar-refractivity contribution in [3.8, 4) is 5.75 Å². The number of hydrogen-bond acceptors (Lipinski definition) is 4. The van der Waals surface area contributed by atoms with Crippen molar-refractivity contribution in [1.29, 1.82) is 0 Å². The molecule has 0 spiro atoms. The van der Waals surface area contributed by atoms with Crippen molar-refractivity contribution in [2.24, 2.45) is 0 Å². The first-order valence-corrected chi connectivity index (χ1v) is 7.52. The van der Waals surface area contributed by atoms with Gasteiger partial charge in [-0.15, -0.1) is 0 Å². The maximum Gasteiger partial charge on any atom is 0.135 e. The molecule has 1 aliphatic rings. The number of para-hydroxylation sites is 1. The fourth-order valence-corrected chi connectivity index (χ4v) is 2.56. The van der Waals surface area contributed by atoms with Crippen LogP contribution in [0.3, 0.4) is 0 Å². The number of hydrogen-bond donors (Lipinski definition) is 1. The molecule has 1 atom stereocenters. The number of fused-ring (bicyclic) bond motifs is 1.